The number of ether oxygens (including phenoxy) is 7. The molecule has 1 N–H and O–H groups in total. The minimum Gasteiger partial charge on any atom is -0.417 e. The fourth-order valence-electron chi connectivity index (χ4n) is 12.2. The summed E-state index contributed by atoms with van der Waals surface area (Å²) in [6.45, 7) is 33.8. The van der Waals surface area contributed by atoms with Crippen LogP contribution in [0.4, 0.5) is 0 Å². The summed E-state index contributed by atoms with van der Waals surface area (Å²) in [5, 5.41) is 11.0. The van der Waals surface area contributed by atoms with E-state index in [1.54, 1.807) is 0 Å². The summed E-state index contributed by atoms with van der Waals surface area (Å²) in [5.41, 5.74) is 2.34. The molecular weight excluding hydrogens is 773 g/mol. The number of hydrogen-bond donors (Lipinski definition) is 1. The molecule has 6 bridgehead atoms. The zero-order valence-corrected chi connectivity index (χ0v) is 39.4. The van der Waals surface area contributed by atoms with E-state index < -0.39 is 20.2 Å². The van der Waals surface area contributed by atoms with Crippen LogP contribution in [0.1, 0.15) is 126 Å². The first-order valence-electron chi connectivity index (χ1n) is 24.3. The van der Waals surface area contributed by atoms with Crippen LogP contribution < -0.4 is 0 Å². The summed E-state index contributed by atoms with van der Waals surface area (Å²) in [5.74, 6) is 0.874. The van der Waals surface area contributed by atoms with Crippen LogP contribution in [0.5, 0.6) is 0 Å². The zero-order chi connectivity index (χ0) is 42.9. The highest BCUT2D eigenvalue weighted by Crippen LogP contribution is 2.54. The third-order valence-corrected chi connectivity index (χ3v) is 21.0. The van der Waals surface area contributed by atoms with Gasteiger partial charge in [-0.2, -0.15) is 0 Å². The van der Waals surface area contributed by atoms with E-state index in [1.165, 1.54) is 29.3 Å². The molecule has 8 heterocycles. The highest BCUT2D eigenvalue weighted by molar-refractivity contribution is 6.73. The van der Waals surface area contributed by atoms with Crippen molar-refractivity contribution in [1.82, 2.24) is 0 Å². The molecule has 0 aliphatic carbocycles. The molecule has 0 aromatic heterocycles. The first-order valence-corrected chi connectivity index (χ1v) is 26.8. The van der Waals surface area contributed by atoms with Gasteiger partial charge >= 0.3 is 0 Å². The Labute approximate surface area is 364 Å². The molecule has 340 valence electrons. The summed E-state index contributed by atoms with van der Waals surface area (Å²) in [6, 6.07) is 3.50. The normalized spacial score (nSPS) is 43.4. The molecule has 8 fully saturated rings. The van der Waals surface area contributed by atoms with E-state index in [4.69, 9.17) is 37.6 Å². The van der Waals surface area contributed by atoms with Gasteiger partial charge in [0.2, 0.25) is 0 Å². The third-order valence-electron chi connectivity index (χ3n) is 16.4. The predicted octanol–water partition coefficient (Wildman–Crippen LogP) is 10.0. The van der Waals surface area contributed by atoms with Gasteiger partial charge < -0.3 is 42.7 Å². The van der Waals surface area contributed by atoms with Crippen molar-refractivity contribution in [2.45, 2.75) is 229 Å². The fraction of sp³-hybridized carbons (Fsp3) is 0.840. The second-order valence-electron chi connectivity index (χ2n) is 20.4. The molecule has 8 aliphatic heterocycles. The van der Waals surface area contributed by atoms with E-state index in [9.17, 15) is 5.11 Å². The highest BCUT2D eigenvalue weighted by atomic mass is 28.4. The van der Waals surface area contributed by atoms with E-state index >= 15 is 0 Å². The van der Waals surface area contributed by atoms with Crippen LogP contribution in [0.2, 0.25) is 18.1 Å². The van der Waals surface area contributed by atoms with Crippen molar-refractivity contribution < 1.29 is 42.7 Å². The molecule has 0 aromatic carbocycles. The molecule has 0 aromatic rings. The first kappa shape index (κ1) is 46.8. The molecule has 19 atom stereocenters. The Hall–Kier alpha value is -1.18. The SMILES string of the molecule is C=CCC(O)C[C@@H]1[C@@H](C)[C@@H](C[C@H](C)CO[Si](CC)(CC)CC)O[C@H]1CC1O[C@@H](CCC2OC(CC[C@@]34C[C@H]5O[C@H]6[C@@H](O3)[C@@H](C)[C@H](CC=C)O[C@H]6C5O4)CC2=C)C[C@@H](C)C1=C. The highest BCUT2D eigenvalue weighted by Gasteiger charge is 2.67. The molecule has 0 radical (unpaired) electrons. The number of hydrogen-bond acceptors (Lipinski definition) is 9. The van der Waals surface area contributed by atoms with Crippen LogP contribution >= 0.6 is 0 Å². The lowest BCUT2D eigenvalue weighted by atomic mass is 9.78. The summed E-state index contributed by atoms with van der Waals surface area (Å²) in [4.78, 5) is 0. The van der Waals surface area contributed by atoms with Gasteiger partial charge in [-0.25, -0.2) is 0 Å². The van der Waals surface area contributed by atoms with Crippen LogP contribution in [0, 0.1) is 29.6 Å². The molecule has 9 nitrogen and oxygen atoms in total. The molecule has 60 heavy (non-hydrogen) atoms. The van der Waals surface area contributed by atoms with E-state index in [2.05, 4.69) is 74.8 Å². The van der Waals surface area contributed by atoms with E-state index in [1.807, 2.05) is 12.2 Å². The molecule has 0 spiro atoms. The van der Waals surface area contributed by atoms with E-state index in [-0.39, 0.29) is 85.1 Å². The molecular formula is C50H82O9Si. The maximum atomic E-state index is 11.0. The second-order valence-corrected chi connectivity index (χ2v) is 25.2. The van der Waals surface area contributed by atoms with Gasteiger partial charge in [-0.3, -0.25) is 0 Å². The van der Waals surface area contributed by atoms with Crippen molar-refractivity contribution in [2.75, 3.05) is 6.61 Å². The number of aliphatic hydroxyl groups excluding tert-OH is 1. The van der Waals surface area contributed by atoms with Crippen molar-refractivity contribution in [3.8, 4) is 0 Å². The molecule has 5 unspecified atom stereocenters. The molecule has 0 saturated carbocycles. The smallest absolute Gasteiger partial charge is 0.191 e. The monoisotopic (exact) mass is 855 g/mol. The minimum absolute atomic E-state index is 0.00311. The van der Waals surface area contributed by atoms with Gasteiger partial charge in [-0.1, -0.05) is 73.8 Å². The average Bonchev–Trinajstić information content (AvgIpc) is 3.89. The molecule has 8 rings (SSSR count). The van der Waals surface area contributed by atoms with Crippen molar-refractivity contribution in [3.63, 3.8) is 0 Å². The predicted molar refractivity (Wildman–Crippen MR) is 239 cm³/mol. The van der Waals surface area contributed by atoms with Gasteiger partial charge in [0.15, 0.2) is 14.1 Å². The lowest BCUT2D eigenvalue weighted by Gasteiger charge is -2.42. The minimum atomic E-state index is -1.65. The molecule has 8 aliphatic rings. The Morgan fingerprint density at radius 1 is 0.800 bits per heavy atom. The van der Waals surface area contributed by atoms with Gasteiger partial charge in [-0.15, -0.1) is 13.2 Å². The Kier molecular flexibility index (Phi) is 15.5. The second kappa shape index (κ2) is 19.9. The number of aliphatic hydroxyl groups is 1. The summed E-state index contributed by atoms with van der Waals surface area (Å²) >= 11 is 0. The largest absolute Gasteiger partial charge is 0.417 e. The van der Waals surface area contributed by atoms with E-state index in [0.29, 0.717) is 30.6 Å². The molecule has 10 heteroatoms. The van der Waals surface area contributed by atoms with Crippen LogP contribution in [-0.4, -0.2) is 105 Å². The lowest BCUT2D eigenvalue weighted by molar-refractivity contribution is -0.262. The Morgan fingerprint density at radius 2 is 1.52 bits per heavy atom. The Morgan fingerprint density at radius 3 is 2.23 bits per heavy atom. The van der Waals surface area contributed by atoms with Crippen molar-refractivity contribution >= 4 is 8.32 Å². The third kappa shape index (κ3) is 9.89. The van der Waals surface area contributed by atoms with Gasteiger partial charge in [-0.05, 0) is 111 Å². The maximum Gasteiger partial charge on any atom is 0.191 e. The molecule has 8 saturated heterocycles. The van der Waals surface area contributed by atoms with E-state index in [0.717, 1.165) is 70.8 Å². The van der Waals surface area contributed by atoms with Gasteiger partial charge in [0.25, 0.3) is 0 Å². The van der Waals surface area contributed by atoms with Crippen molar-refractivity contribution in [3.05, 3.63) is 49.6 Å². The quantitative estimate of drug-likeness (QED) is 0.0844. The van der Waals surface area contributed by atoms with Gasteiger partial charge in [0.1, 0.15) is 18.3 Å². The zero-order valence-electron chi connectivity index (χ0n) is 38.4. The van der Waals surface area contributed by atoms with Crippen LogP contribution in [0.3, 0.4) is 0 Å². The van der Waals surface area contributed by atoms with Crippen molar-refractivity contribution in [1.29, 1.82) is 0 Å². The standard InChI is InChI=1S/C50H82O9Si/c1-12-17-36(51)26-39-34(10)42(23-30(6)29-52-60(14-3,15-4)16-5)55-44(39)27-43-33(9)31(7)24-37(54-43)19-20-40-32(8)25-38(53-40)21-22-50-28-45-47(59-50)49-48(57-45)46(58-50)35(11)41(56-49)18-13-2/h12-13,30-31,34-49,51H,1-2,8-9,14-29H2,3-7,10-11H3/t30-,31+,34+,35-,36?,37-,38?,39+,40?,41-,42+,43?,44-,45+,46-,47?,48-,49-,50+/m0/s1. The van der Waals surface area contributed by atoms with Crippen LogP contribution in [-0.2, 0) is 37.6 Å². The van der Waals surface area contributed by atoms with Crippen LogP contribution in [0.25, 0.3) is 0 Å². The molecule has 0 amide bonds. The topological polar surface area (TPSA) is 94.1 Å². The summed E-state index contributed by atoms with van der Waals surface area (Å²) in [7, 11) is -1.65. The Bertz CT molecular complexity index is 1480. The lowest BCUT2D eigenvalue weighted by Crippen LogP contribution is -2.54. The average molecular weight is 855 g/mol. The Balaban J connectivity index is 0.918. The number of rotatable bonds is 22. The van der Waals surface area contributed by atoms with Crippen LogP contribution in [0.15, 0.2) is 49.6 Å². The van der Waals surface area contributed by atoms with Crippen molar-refractivity contribution in [2.24, 2.45) is 29.6 Å². The van der Waals surface area contributed by atoms with Gasteiger partial charge in [0.05, 0.1) is 61.0 Å². The first-order chi connectivity index (χ1) is 28.7. The summed E-state index contributed by atoms with van der Waals surface area (Å²) < 4.78 is 54.1. The fourth-order valence-corrected chi connectivity index (χ4v) is 15.0. The maximum absolute atomic E-state index is 11.0. The summed E-state index contributed by atoms with van der Waals surface area (Å²) in [6.07, 6.45) is 13.3. The van der Waals surface area contributed by atoms with Gasteiger partial charge in [0, 0.05) is 31.8 Å².